The van der Waals surface area contributed by atoms with E-state index in [2.05, 4.69) is 105 Å². The summed E-state index contributed by atoms with van der Waals surface area (Å²) in [6.45, 7) is 28.1. The molecular weight excluding hydrogens is 627 g/mol. The van der Waals surface area contributed by atoms with E-state index in [9.17, 15) is 10.2 Å². The molecule has 0 aliphatic heterocycles. The van der Waals surface area contributed by atoms with Crippen LogP contribution in [-0.4, -0.2) is 41.2 Å². The number of hydrogen-bond acceptors (Lipinski definition) is 8. The predicted octanol–water partition coefficient (Wildman–Crippen LogP) is 5.88. The van der Waals surface area contributed by atoms with Crippen LogP contribution in [0.3, 0.4) is 0 Å². The third-order valence-electron chi connectivity index (χ3n) is 6.11. The quantitative estimate of drug-likeness (QED) is 0.364. The molecule has 0 aromatic heterocycles. The van der Waals surface area contributed by atoms with Crippen molar-refractivity contribution in [2.45, 2.75) is 121 Å². The second kappa shape index (κ2) is 18.2. The Morgan fingerprint density at radius 2 is 0.891 bits per heavy atom. The maximum absolute atomic E-state index is 11.0. The number of carbonyl (C=O) groups is 2. The zero-order chi connectivity index (χ0) is 35.6. The number of carboxylic acids is 2. The van der Waals surface area contributed by atoms with Crippen LogP contribution in [0, 0.1) is 10.8 Å². The molecule has 2 rings (SSSR count). The van der Waals surface area contributed by atoms with Gasteiger partial charge in [-0.05, 0) is 71.6 Å². The van der Waals surface area contributed by atoms with Crippen molar-refractivity contribution >= 4 is 24.4 Å². The van der Waals surface area contributed by atoms with Gasteiger partial charge < -0.3 is 30.0 Å². The summed E-state index contributed by atoms with van der Waals surface area (Å²) in [4.78, 5) is 26.8. The average molecular weight is 684 g/mol. The average Bonchev–Trinajstić information content (AvgIpc) is 2.78. The molecule has 2 aromatic carbocycles. The van der Waals surface area contributed by atoms with Gasteiger partial charge in [-0.25, -0.2) is 0 Å². The molecule has 0 saturated heterocycles. The first kappa shape index (κ1) is 45.0. The van der Waals surface area contributed by atoms with Crippen molar-refractivity contribution in [3.05, 3.63) is 57.6 Å². The van der Waals surface area contributed by atoms with Gasteiger partial charge in [0.2, 0.25) is 0 Å². The zero-order valence-corrected chi connectivity index (χ0v) is 31.4. The first-order valence-electron chi connectivity index (χ1n) is 15.2. The molecule has 0 fully saturated rings. The van der Waals surface area contributed by atoms with Gasteiger partial charge in [-0.3, -0.25) is 9.98 Å². The topological polar surface area (TPSA) is 145 Å². The number of benzene rings is 2. The van der Waals surface area contributed by atoms with Crippen molar-refractivity contribution in [1.29, 1.82) is 0 Å². The summed E-state index contributed by atoms with van der Waals surface area (Å²) in [6.07, 6.45) is 5.25. The van der Waals surface area contributed by atoms with Gasteiger partial charge in [-0.15, -0.1) is 0 Å². The molecule has 0 aliphatic rings. The molecular formula is C37H56CoN2O6. The Hall–Kier alpha value is -3.17. The van der Waals surface area contributed by atoms with E-state index in [4.69, 9.17) is 19.8 Å². The fourth-order valence-electron chi connectivity index (χ4n) is 4.53. The normalized spacial score (nSPS) is 12.1. The standard InChI is InChI=1S/C33H50N2O2.2C2H4O2.Co/c1-30(2,3)17-22-13-24(28(36)26(15-22)32(7,8)9)19-34-21-35-20-25-14-23(18-31(4,5)6)16-27(29(25)37)33(10,11)12;2*1-2(3)4;/h13-16,19-20,36-37H,17-18,21H2,1-12H3;2*1H3,(H,3,4);/q;;;+2/p-2. The number of hydrogen-bond donors (Lipinski definition) is 2. The summed E-state index contributed by atoms with van der Waals surface area (Å²) >= 11 is 0. The summed E-state index contributed by atoms with van der Waals surface area (Å²) in [5, 5.41) is 39.7. The largest absolute Gasteiger partial charge is 2.00 e. The van der Waals surface area contributed by atoms with Gasteiger partial charge in [0, 0.05) is 46.6 Å². The number of carboxylic acid groups (broad SMARTS) is 2. The van der Waals surface area contributed by atoms with Gasteiger partial charge >= 0.3 is 16.8 Å². The smallest absolute Gasteiger partial charge is 0.550 e. The van der Waals surface area contributed by atoms with Crippen LogP contribution >= 0.6 is 0 Å². The van der Waals surface area contributed by atoms with Crippen molar-refractivity contribution in [3.8, 4) is 11.5 Å². The second-order valence-corrected chi connectivity index (χ2v) is 15.9. The van der Waals surface area contributed by atoms with E-state index >= 15 is 0 Å². The predicted molar refractivity (Wildman–Crippen MR) is 181 cm³/mol. The maximum atomic E-state index is 11.0. The molecule has 0 heterocycles. The van der Waals surface area contributed by atoms with Crippen LogP contribution in [0.1, 0.15) is 130 Å². The van der Waals surface area contributed by atoms with Crippen LogP contribution in [0.4, 0.5) is 0 Å². The molecule has 9 heteroatoms. The van der Waals surface area contributed by atoms with Crippen LogP contribution in [0.2, 0.25) is 0 Å². The molecule has 2 aromatic rings. The maximum Gasteiger partial charge on any atom is 2.00 e. The third-order valence-corrected chi connectivity index (χ3v) is 6.11. The monoisotopic (exact) mass is 683 g/mol. The number of phenolic OH excluding ortho intramolecular Hbond substituents is 2. The number of aliphatic imine (C=N–C) groups is 2. The van der Waals surface area contributed by atoms with Crippen molar-refractivity contribution in [1.82, 2.24) is 0 Å². The molecule has 0 spiro atoms. The Balaban J connectivity index is 0. The van der Waals surface area contributed by atoms with Gasteiger partial charge in [0.1, 0.15) is 18.2 Å². The summed E-state index contributed by atoms with van der Waals surface area (Å²) in [7, 11) is 0. The summed E-state index contributed by atoms with van der Waals surface area (Å²) in [5.74, 6) is -1.61. The molecule has 0 amide bonds. The van der Waals surface area contributed by atoms with Crippen LogP contribution in [0.5, 0.6) is 11.5 Å². The Labute approximate surface area is 287 Å². The fourth-order valence-corrected chi connectivity index (χ4v) is 4.53. The molecule has 0 saturated carbocycles. The number of aromatic hydroxyl groups is 2. The number of nitrogens with zero attached hydrogens (tertiary/aromatic N) is 2. The minimum atomic E-state index is -1.08. The Morgan fingerprint density at radius 1 is 0.630 bits per heavy atom. The van der Waals surface area contributed by atoms with Crippen LogP contribution in [0.25, 0.3) is 0 Å². The SMILES string of the molecule is CC(=O)[O-].CC(=O)[O-].CC(C)(C)Cc1cc(C=NCN=Cc2cc(CC(C)(C)C)cc(C(C)(C)C)c2O)c(O)c(C(C)(C)C)c1.[Co+2]. The minimum Gasteiger partial charge on any atom is -0.550 e. The van der Waals surface area contributed by atoms with Crippen LogP contribution < -0.4 is 10.2 Å². The summed E-state index contributed by atoms with van der Waals surface area (Å²) in [6, 6.07) is 8.30. The number of rotatable bonds is 6. The van der Waals surface area contributed by atoms with Gasteiger partial charge in [-0.1, -0.05) is 95.2 Å². The van der Waals surface area contributed by atoms with Crippen molar-refractivity contribution in [2.75, 3.05) is 6.67 Å². The molecule has 259 valence electrons. The number of carbonyl (C=O) groups excluding carboxylic acids is 2. The number of phenols is 2. The van der Waals surface area contributed by atoms with Crippen molar-refractivity contribution in [3.63, 3.8) is 0 Å². The second-order valence-electron chi connectivity index (χ2n) is 15.9. The first-order valence-corrected chi connectivity index (χ1v) is 15.2. The van der Waals surface area contributed by atoms with Crippen molar-refractivity contribution in [2.24, 2.45) is 20.8 Å². The van der Waals surface area contributed by atoms with E-state index in [1.165, 1.54) is 11.1 Å². The fraction of sp³-hybridized carbons (Fsp3) is 0.568. The molecule has 46 heavy (non-hydrogen) atoms. The van der Waals surface area contributed by atoms with Gasteiger partial charge in [0.15, 0.2) is 0 Å². The molecule has 2 N–H and O–H groups in total. The van der Waals surface area contributed by atoms with Crippen molar-refractivity contribution < 1.29 is 46.8 Å². The molecule has 8 nitrogen and oxygen atoms in total. The Morgan fingerprint density at radius 3 is 1.11 bits per heavy atom. The molecule has 0 atom stereocenters. The zero-order valence-electron chi connectivity index (χ0n) is 30.3. The summed E-state index contributed by atoms with van der Waals surface area (Å²) in [5.41, 5.74) is 5.58. The van der Waals surface area contributed by atoms with E-state index in [0.29, 0.717) is 11.1 Å². The van der Waals surface area contributed by atoms with Gasteiger partial charge in [-0.2, -0.15) is 0 Å². The van der Waals surface area contributed by atoms with Crippen LogP contribution in [-0.2, 0) is 50.0 Å². The number of aliphatic carboxylic acids is 2. The molecule has 0 aliphatic carbocycles. The van der Waals surface area contributed by atoms with Crippen LogP contribution in [0.15, 0.2) is 34.3 Å². The first-order chi connectivity index (χ1) is 20.1. The van der Waals surface area contributed by atoms with E-state index < -0.39 is 11.9 Å². The van der Waals surface area contributed by atoms with E-state index in [1.54, 1.807) is 12.4 Å². The summed E-state index contributed by atoms with van der Waals surface area (Å²) < 4.78 is 0. The van der Waals surface area contributed by atoms with Gasteiger partial charge in [0.05, 0.1) is 0 Å². The molecule has 1 radical (unpaired) electrons. The molecule has 0 bridgehead atoms. The van der Waals surface area contributed by atoms with E-state index in [-0.39, 0.29) is 56.6 Å². The Kier molecular flexibility index (Phi) is 17.8. The van der Waals surface area contributed by atoms with E-state index in [0.717, 1.165) is 37.8 Å². The molecule has 0 unspecified atom stereocenters. The Bertz CT molecular complexity index is 1240. The minimum absolute atomic E-state index is 0. The van der Waals surface area contributed by atoms with Gasteiger partial charge in [0.25, 0.3) is 0 Å². The van der Waals surface area contributed by atoms with E-state index in [1.807, 2.05) is 12.1 Å². The third kappa shape index (κ3) is 18.7.